The molecule has 1 atom stereocenters. The fourth-order valence-electron chi connectivity index (χ4n) is 2.04. The van der Waals surface area contributed by atoms with Crippen molar-refractivity contribution in [1.82, 2.24) is 10.6 Å². The number of rotatable bonds is 7. The van der Waals surface area contributed by atoms with E-state index in [1.165, 1.54) is 0 Å². The van der Waals surface area contributed by atoms with Crippen LogP contribution in [0.5, 0.6) is 0 Å². The van der Waals surface area contributed by atoms with E-state index < -0.39 is 9.84 Å². The van der Waals surface area contributed by atoms with Crippen molar-refractivity contribution in [3.63, 3.8) is 0 Å². The summed E-state index contributed by atoms with van der Waals surface area (Å²) < 4.78 is 23.1. The first-order valence-corrected chi connectivity index (χ1v) is 8.35. The van der Waals surface area contributed by atoms with Crippen LogP contribution in [-0.4, -0.2) is 44.5 Å². The van der Waals surface area contributed by atoms with Gasteiger partial charge in [-0.3, -0.25) is 4.79 Å². The number of nitrogens with one attached hydrogen (secondary N) is 2. The van der Waals surface area contributed by atoms with Crippen LogP contribution in [0.4, 0.5) is 0 Å². The van der Waals surface area contributed by atoms with Gasteiger partial charge in [-0.25, -0.2) is 8.42 Å². The van der Waals surface area contributed by atoms with Crippen molar-refractivity contribution >= 4 is 15.7 Å². The van der Waals surface area contributed by atoms with Crippen LogP contribution in [0.2, 0.25) is 0 Å². The minimum absolute atomic E-state index is 0.0531. The highest BCUT2D eigenvalue weighted by molar-refractivity contribution is 7.92. The molecule has 18 heavy (non-hydrogen) atoms. The molecule has 5 nitrogen and oxygen atoms in total. The van der Waals surface area contributed by atoms with Gasteiger partial charge in [0, 0.05) is 19.0 Å². The Morgan fingerprint density at radius 3 is 2.67 bits per heavy atom. The first kappa shape index (κ1) is 15.4. The molecule has 0 aliphatic carbocycles. The molecule has 2 N–H and O–H groups in total. The predicted octanol–water partition coefficient (Wildman–Crippen LogP) is 0.458. The Bertz CT molecular complexity index is 366. The molecule has 0 spiro atoms. The lowest BCUT2D eigenvalue weighted by Crippen LogP contribution is -2.35. The monoisotopic (exact) mass is 276 g/mol. The standard InChI is InChI=1S/C12H24N2O3S/c1-10(2)13-7-3-6-12(15)14-9-11-5-4-8-18(11,16)17/h10-11,13H,3-9H2,1-2H3,(H,14,15). The van der Waals surface area contributed by atoms with E-state index in [0.29, 0.717) is 18.9 Å². The molecule has 1 amide bonds. The minimum Gasteiger partial charge on any atom is -0.355 e. The van der Waals surface area contributed by atoms with E-state index in [0.717, 1.165) is 19.4 Å². The summed E-state index contributed by atoms with van der Waals surface area (Å²) in [5.74, 6) is 0.217. The third-order valence-electron chi connectivity index (χ3n) is 3.12. The van der Waals surface area contributed by atoms with Crippen LogP contribution < -0.4 is 10.6 Å². The Hall–Kier alpha value is -0.620. The number of carbonyl (C=O) groups excluding carboxylic acids is 1. The second-order valence-corrected chi connectivity index (χ2v) is 7.55. The van der Waals surface area contributed by atoms with E-state index in [2.05, 4.69) is 24.5 Å². The summed E-state index contributed by atoms with van der Waals surface area (Å²) in [6, 6.07) is 0.427. The lowest BCUT2D eigenvalue weighted by atomic mass is 10.2. The van der Waals surface area contributed by atoms with Gasteiger partial charge in [-0.15, -0.1) is 0 Å². The third-order valence-corrected chi connectivity index (χ3v) is 5.40. The Labute approximate surface area is 110 Å². The average Bonchev–Trinajstić information content (AvgIpc) is 2.61. The van der Waals surface area contributed by atoms with Crippen LogP contribution in [0.3, 0.4) is 0 Å². The van der Waals surface area contributed by atoms with Gasteiger partial charge >= 0.3 is 0 Å². The number of carbonyl (C=O) groups is 1. The highest BCUT2D eigenvalue weighted by Gasteiger charge is 2.31. The summed E-state index contributed by atoms with van der Waals surface area (Å²) in [6.45, 7) is 5.21. The zero-order chi connectivity index (χ0) is 13.6. The highest BCUT2D eigenvalue weighted by Crippen LogP contribution is 2.18. The quantitative estimate of drug-likeness (QED) is 0.662. The largest absolute Gasteiger partial charge is 0.355 e. The van der Waals surface area contributed by atoms with Crippen molar-refractivity contribution in [2.75, 3.05) is 18.8 Å². The van der Waals surface area contributed by atoms with Crippen molar-refractivity contribution < 1.29 is 13.2 Å². The van der Waals surface area contributed by atoms with Crippen LogP contribution in [-0.2, 0) is 14.6 Å². The molecule has 0 saturated carbocycles. The molecular weight excluding hydrogens is 252 g/mol. The second-order valence-electron chi connectivity index (χ2n) is 5.15. The Morgan fingerprint density at radius 1 is 1.39 bits per heavy atom. The van der Waals surface area contributed by atoms with Gasteiger partial charge in [0.05, 0.1) is 11.0 Å². The smallest absolute Gasteiger partial charge is 0.220 e. The van der Waals surface area contributed by atoms with Crippen molar-refractivity contribution in [2.24, 2.45) is 0 Å². The first-order valence-electron chi connectivity index (χ1n) is 6.63. The van der Waals surface area contributed by atoms with Crippen LogP contribution in [0.1, 0.15) is 39.5 Å². The van der Waals surface area contributed by atoms with Crippen molar-refractivity contribution in [3.05, 3.63) is 0 Å². The zero-order valence-corrected chi connectivity index (χ0v) is 12.1. The predicted molar refractivity (Wildman–Crippen MR) is 72.2 cm³/mol. The van der Waals surface area contributed by atoms with E-state index >= 15 is 0 Å². The topological polar surface area (TPSA) is 75.3 Å². The van der Waals surface area contributed by atoms with E-state index in [-0.39, 0.29) is 23.5 Å². The molecule has 1 aliphatic heterocycles. The molecule has 1 aliphatic rings. The number of hydrogen-bond acceptors (Lipinski definition) is 4. The summed E-state index contributed by atoms with van der Waals surface area (Å²) in [6.07, 6.45) is 2.63. The summed E-state index contributed by atoms with van der Waals surface area (Å²) >= 11 is 0. The Kier molecular flexibility index (Phi) is 6.08. The van der Waals surface area contributed by atoms with Crippen LogP contribution in [0, 0.1) is 0 Å². The molecule has 6 heteroatoms. The molecule has 1 saturated heterocycles. The fourth-order valence-corrected chi connectivity index (χ4v) is 3.81. The summed E-state index contributed by atoms with van der Waals surface area (Å²) in [4.78, 5) is 11.5. The molecule has 106 valence electrons. The number of amides is 1. The molecule has 1 rings (SSSR count). The zero-order valence-electron chi connectivity index (χ0n) is 11.2. The fraction of sp³-hybridized carbons (Fsp3) is 0.917. The SMILES string of the molecule is CC(C)NCCCC(=O)NCC1CCCS1(=O)=O. The van der Waals surface area contributed by atoms with Crippen molar-refractivity contribution in [1.29, 1.82) is 0 Å². The van der Waals surface area contributed by atoms with Gasteiger partial charge in [0.15, 0.2) is 9.84 Å². The molecule has 0 aromatic heterocycles. The maximum Gasteiger partial charge on any atom is 0.220 e. The molecule has 1 heterocycles. The number of sulfone groups is 1. The van der Waals surface area contributed by atoms with E-state index in [4.69, 9.17) is 0 Å². The molecule has 1 fully saturated rings. The van der Waals surface area contributed by atoms with Crippen molar-refractivity contribution in [3.8, 4) is 0 Å². The van der Waals surface area contributed by atoms with E-state index in [1.54, 1.807) is 0 Å². The molecule has 1 unspecified atom stereocenters. The minimum atomic E-state index is -2.95. The maximum atomic E-state index is 11.5. The van der Waals surface area contributed by atoms with Crippen LogP contribution >= 0.6 is 0 Å². The molecule has 0 aromatic carbocycles. The van der Waals surface area contributed by atoms with Crippen LogP contribution in [0.15, 0.2) is 0 Å². The molecule has 0 bridgehead atoms. The third kappa shape index (κ3) is 5.35. The van der Waals surface area contributed by atoms with Gasteiger partial charge in [-0.1, -0.05) is 13.8 Å². The van der Waals surface area contributed by atoms with E-state index in [9.17, 15) is 13.2 Å². The Morgan fingerprint density at radius 2 is 2.11 bits per heavy atom. The van der Waals surface area contributed by atoms with Gasteiger partial charge in [0.25, 0.3) is 0 Å². The second kappa shape index (κ2) is 7.09. The van der Waals surface area contributed by atoms with Gasteiger partial charge in [0.2, 0.25) is 5.91 Å². The Balaban J connectivity index is 2.14. The maximum absolute atomic E-state index is 11.5. The molecular formula is C12H24N2O3S. The molecule has 0 radical (unpaired) electrons. The van der Waals surface area contributed by atoms with Gasteiger partial charge < -0.3 is 10.6 Å². The van der Waals surface area contributed by atoms with Gasteiger partial charge in [0.1, 0.15) is 0 Å². The molecule has 0 aromatic rings. The highest BCUT2D eigenvalue weighted by atomic mass is 32.2. The average molecular weight is 276 g/mol. The first-order chi connectivity index (χ1) is 8.42. The van der Waals surface area contributed by atoms with Crippen molar-refractivity contribution in [2.45, 2.75) is 50.8 Å². The van der Waals surface area contributed by atoms with Crippen LogP contribution in [0.25, 0.3) is 0 Å². The summed E-state index contributed by atoms with van der Waals surface area (Å²) in [5, 5.41) is 5.59. The lowest BCUT2D eigenvalue weighted by molar-refractivity contribution is -0.121. The number of hydrogen-bond donors (Lipinski definition) is 2. The lowest BCUT2D eigenvalue weighted by Gasteiger charge is -2.11. The van der Waals surface area contributed by atoms with Gasteiger partial charge in [-0.2, -0.15) is 0 Å². The summed E-state index contributed by atoms with van der Waals surface area (Å²) in [7, 11) is -2.95. The van der Waals surface area contributed by atoms with Gasteiger partial charge in [-0.05, 0) is 25.8 Å². The summed E-state index contributed by atoms with van der Waals surface area (Å²) in [5.41, 5.74) is 0. The van der Waals surface area contributed by atoms with E-state index in [1.807, 2.05) is 0 Å². The normalized spacial score (nSPS) is 22.3.